The van der Waals surface area contributed by atoms with Crippen LogP contribution in [0.15, 0.2) is 30.3 Å². The monoisotopic (exact) mass is 391 g/mol. The van der Waals surface area contributed by atoms with Gasteiger partial charge in [-0.3, -0.25) is 0 Å². The highest BCUT2D eigenvalue weighted by Gasteiger charge is 2.21. The molecule has 152 valence electrons. The minimum absolute atomic E-state index is 0.121. The number of carbonyl (C=O) groups is 2. The molecule has 1 N–H and O–H groups in total. The number of nitrogens with one attached hydrogen (secondary N) is 1. The number of fused-ring (bicyclic) bond motifs is 1. The molecule has 0 saturated heterocycles. The van der Waals surface area contributed by atoms with E-state index in [9.17, 15) is 14.0 Å². The topological polar surface area (TPSA) is 73.9 Å². The van der Waals surface area contributed by atoms with Gasteiger partial charge in [0.15, 0.2) is 0 Å². The number of methoxy groups -OCH3 is 1. The lowest BCUT2D eigenvalue weighted by molar-refractivity contribution is 0.0493. The second-order valence-corrected chi connectivity index (χ2v) is 7.33. The van der Waals surface area contributed by atoms with Crippen LogP contribution in [0.3, 0.4) is 0 Å². The third-order valence-electron chi connectivity index (χ3n) is 3.95. The summed E-state index contributed by atoms with van der Waals surface area (Å²) in [4.78, 5) is 24.0. The van der Waals surface area contributed by atoms with Crippen molar-refractivity contribution in [2.45, 2.75) is 45.8 Å². The van der Waals surface area contributed by atoms with Crippen LogP contribution >= 0.6 is 0 Å². The van der Waals surface area contributed by atoms with Gasteiger partial charge in [-0.1, -0.05) is 19.1 Å². The van der Waals surface area contributed by atoms with Crippen LogP contribution in [-0.4, -0.2) is 37.4 Å². The van der Waals surface area contributed by atoms with Gasteiger partial charge in [-0.15, -0.1) is 0 Å². The van der Waals surface area contributed by atoms with Crippen molar-refractivity contribution < 1.29 is 28.2 Å². The van der Waals surface area contributed by atoms with Gasteiger partial charge in [-0.2, -0.15) is 0 Å². The Morgan fingerprint density at radius 2 is 1.93 bits per heavy atom. The summed E-state index contributed by atoms with van der Waals surface area (Å²) in [6, 6.07) is 7.65. The first-order valence-corrected chi connectivity index (χ1v) is 9.08. The lowest BCUT2D eigenvalue weighted by atomic mass is 10.0. The first kappa shape index (κ1) is 21.5. The predicted molar refractivity (Wildman–Crippen MR) is 104 cm³/mol. The number of halogens is 1. The number of rotatable bonds is 6. The highest BCUT2D eigenvalue weighted by Crippen LogP contribution is 2.29. The van der Waals surface area contributed by atoms with E-state index in [2.05, 4.69) is 5.32 Å². The molecular weight excluding hydrogens is 365 g/mol. The fourth-order valence-corrected chi connectivity index (χ4v) is 2.59. The van der Waals surface area contributed by atoms with E-state index in [1.54, 1.807) is 39.0 Å². The Kier molecular flexibility index (Phi) is 6.83. The van der Waals surface area contributed by atoms with Gasteiger partial charge in [0.25, 0.3) is 0 Å². The van der Waals surface area contributed by atoms with Gasteiger partial charge in [-0.05, 0) is 50.8 Å². The van der Waals surface area contributed by atoms with Gasteiger partial charge < -0.3 is 19.5 Å². The molecule has 1 amide bonds. The van der Waals surface area contributed by atoms with Gasteiger partial charge in [0.2, 0.25) is 0 Å². The zero-order valence-electron chi connectivity index (χ0n) is 16.8. The van der Waals surface area contributed by atoms with Crippen molar-refractivity contribution in [1.29, 1.82) is 0 Å². The molecule has 0 aromatic heterocycles. The van der Waals surface area contributed by atoms with Crippen molar-refractivity contribution in [3.8, 4) is 5.75 Å². The Balaban J connectivity index is 2.24. The number of hydrogen-bond acceptors (Lipinski definition) is 5. The molecule has 0 unspecified atom stereocenters. The predicted octanol–water partition coefficient (Wildman–Crippen LogP) is 4.45. The molecule has 0 bridgehead atoms. The molecule has 0 aliphatic rings. The second kappa shape index (κ2) is 8.91. The average Bonchev–Trinajstić information content (AvgIpc) is 2.62. The van der Waals surface area contributed by atoms with Gasteiger partial charge in [0, 0.05) is 5.39 Å². The molecule has 0 radical (unpaired) electrons. The third kappa shape index (κ3) is 5.58. The largest absolute Gasteiger partial charge is 0.488 e. The van der Waals surface area contributed by atoms with E-state index in [-0.39, 0.29) is 17.9 Å². The van der Waals surface area contributed by atoms with Crippen LogP contribution in [-0.2, 0) is 9.47 Å². The van der Waals surface area contributed by atoms with Crippen LogP contribution in [0.2, 0.25) is 0 Å². The Morgan fingerprint density at radius 3 is 2.54 bits per heavy atom. The van der Waals surface area contributed by atoms with Gasteiger partial charge in [-0.25, -0.2) is 14.0 Å². The first-order chi connectivity index (χ1) is 13.1. The minimum Gasteiger partial charge on any atom is -0.488 e. The molecule has 2 aromatic carbocycles. The number of carbonyl (C=O) groups excluding carboxylic acids is 2. The molecule has 2 rings (SSSR count). The summed E-state index contributed by atoms with van der Waals surface area (Å²) in [6.07, 6.45) is -0.400. The lowest BCUT2D eigenvalue weighted by Gasteiger charge is -2.23. The summed E-state index contributed by atoms with van der Waals surface area (Å²) < 4.78 is 30.1. The van der Waals surface area contributed by atoms with E-state index < -0.39 is 29.6 Å². The number of hydrogen-bond donors (Lipinski definition) is 1. The van der Waals surface area contributed by atoms with E-state index in [0.717, 1.165) is 0 Å². The number of esters is 1. The number of alkyl carbamates (subject to hydrolysis) is 1. The Morgan fingerprint density at radius 1 is 1.21 bits per heavy atom. The van der Waals surface area contributed by atoms with Gasteiger partial charge in [0.05, 0.1) is 13.7 Å². The summed E-state index contributed by atoms with van der Waals surface area (Å²) in [7, 11) is 1.25. The first-order valence-electron chi connectivity index (χ1n) is 9.08. The zero-order valence-corrected chi connectivity index (χ0v) is 16.8. The summed E-state index contributed by atoms with van der Waals surface area (Å²) >= 11 is 0. The molecule has 0 aliphatic carbocycles. The maximum absolute atomic E-state index is 14.1. The Bertz CT molecular complexity index is 860. The van der Waals surface area contributed by atoms with E-state index in [1.807, 2.05) is 6.92 Å². The van der Waals surface area contributed by atoms with Crippen molar-refractivity contribution in [2.24, 2.45) is 0 Å². The molecule has 0 spiro atoms. The summed E-state index contributed by atoms with van der Waals surface area (Å²) in [5.74, 6) is -0.800. The van der Waals surface area contributed by atoms with E-state index in [4.69, 9.17) is 14.2 Å². The maximum Gasteiger partial charge on any atom is 0.407 e. The third-order valence-corrected chi connectivity index (χ3v) is 3.95. The highest BCUT2D eigenvalue weighted by molar-refractivity contribution is 5.98. The van der Waals surface area contributed by atoms with Gasteiger partial charge in [0.1, 0.15) is 28.8 Å². The second-order valence-electron chi connectivity index (χ2n) is 7.33. The van der Waals surface area contributed by atoms with Crippen LogP contribution in [0, 0.1) is 5.82 Å². The Labute approximate surface area is 164 Å². The fourth-order valence-electron chi connectivity index (χ4n) is 2.59. The number of benzene rings is 2. The molecule has 7 heteroatoms. The standard InChI is InChI=1S/C21H26FNO5/c1-6-14(12-23-20(25)28-21(2,3)4)27-18-10-13-8-7-9-17(22)15(13)11-16(18)19(24)26-5/h7-11,14H,6,12H2,1-5H3,(H,23,25)/t14-/m1/s1. The summed E-state index contributed by atoms with van der Waals surface area (Å²) in [5.41, 5.74) is -0.483. The molecule has 6 nitrogen and oxygen atoms in total. The molecule has 0 saturated carbocycles. The van der Waals surface area contributed by atoms with Crippen molar-refractivity contribution in [1.82, 2.24) is 5.32 Å². The van der Waals surface area contributed by atoms with Crippen molar-refractivity contribution in [2.75, 3.05) is 13.7 Å². The Hall–Kier alpha value is -2.83. The molecule has 1 atom stereocenters. The van der Waals surface area contributed by atoms with Crippen LogP contribution in [0.25, 0.3) is 10.8 Å². The zero-order chi connectivity index (χ0) is 20.9. The minimum atomic E-state index is -0.630. The smallest absolute Gasteiger partial charge is 0.407 e. The van der Waals surface area contributed by atoms with Gasteiger partial charge >= 0.3 is 12.1 Å². The maximum atomic E-state index is 14.1. The fraction of sp³-hybridized carbons (Fsp3) is 0.429. The average molecular weight is 391 g/mol. The van der Waals surface area contributed by atoms with Crippen LogP contribution in [0.5, 0.6) is 5.75 Å². The molecule has 28 heavy (non-hydrogen) atoms. The number of amides is 1. The van der Waals surface area contributed by atoms with E-state index >= 15 is 0 Å². The van der Waals surface area contributed by atoms with Crippen molar-refractivity contribution in [3.63, 3.8) is 0 Å². The van der Waals surface area contributed by atoms with E-state index in [1.165, 1.54) is 19.2 Å². The highest BCUT2D eigenvalue weighted by atomic mass is 19.1. The van der Waals surface area contributed by atoms with Crippen LogP contribution in [0.4, 0.5) is 9.18 Å². The quantitative estimate of drug-likeness (QED) is 0.737. The molecule has 2 aromatic rings. The molecule has 0 aliphatic heterocycles. The molecular formula is C21H26FNO5. The lowest BCUT2D eigenvalue weighted by Crippen LogP contribution is -2.38. The SMILES string of the molecule is CC[C@H](CNC(=O)OC(C)(C)C)Oc1cc2cccc(F)c2cc1C(=O)OC. The number of ether oxygens (including phenoxy) is 3. The molecule has 0 heterocycles. The summed E-state index contributed by atoms with van der Waals surface area (Å²) in [6.45, 7) is 7.40. The van der Waals surface area contributed by atoms with E-state index in [0.29, 0.717) is 17.2 Å². The normalized spacial score (nSPS) is 12.4. The van der Waals surface area contributed by atoms with Crippen LogP contribution < -0.4 is 10.1 Å². The van der Waals surface area contributed by atoms with Crippen molar-refractivity contribution in [3.05, 3.63) is 41.7 Å². The summed E-state index contributed by atoms with van der Waals surface area (Å²) in [5, 5.41) is 3.55. The molecule has 0 fully saturated rings. The van der Waals surface area contributed by atoms with Crippen LogP contribution in [0.1, 0.15) is 44.5 Å². The van der Waals surface area contributed by atoms with Crippen molar-refractivity contribution >= 4 is 22.8 Å².